The number of rotatable bonds is 11. The van der Waals surface area contributed by atoms with Crippen LogP contribution in [0, 0.1) is 5.92 Å². The fourth-order valence-corrected chi connectivity index (χ4v) is 2.35. The van der Waals surface area contributed by atoms with Gasteiger partial charge < -0.3 is 31.9 Å². The van der Waals surface area contributed by atoms with E-state index < -0.39 is 42.3 Å². The summed E-state index contributed by atoms with van der Waals surface area (Å²) in [5.74, 6) is -1.87. The Kier molecular flexibility index (Phi) is 8.43. The van der Waals surface area contributed by atoms with Gasteiger partial charge in [0.2, 0.25) is 17.7 Å². The van der Waals surface area contributed by atoms with Crippen molar-refractivity contribution < 1.29 is 19.2 Å². The molecule has 1 aromatic heterocycles. The van der Waals surface area contributed by atoms with E-state index in [0.717, 1.165) is 0 Å². The molecule has 0 unspecified atom stereocenters. The fraction of sp³-hybridized carbons (Fsp3) is 0.562. The van der Waals surface area contributed by atoms with Crippen LogP contribution in [0.15, 0.2) is 12.5 Å². The lowest BCUT2D eigenvalue weighted by molar-refractivity contribution is -0.132. The van der Waals surface area contributed by atoms with Gasteiger partial charge in [0.05, 0.1) is 24.8 Å². The maximum absolute atomic E-state index is 12.4. The number of aldehydes is 1. The molecule has 0 saturated carbocycles. The second-order valence-corrected chi connectivity index (χ2v) is 6.50. The number of carbonyl (C=O) groups is 4. The van der Waals surface area contributed by atoms with Crippen LogP contribution in [0.4, 0.5) is 0 Å². The first kappa shape index (κ1) is 21.3. The van der Waals surface area contributed by atoms with Gasteiger partial charge in [0.25, 0.3) is 0 Å². The van der Waals surface area contributed by atoms with Crippen molar-refractivity contribution in [2.24, 2.45) is 17.4 Å². The second-order valence-electron chi connectivity index (χ2n) is 6.50. The number of hydrogen-bond donors (Lipinski definition) is 5. The average Bonchev–Trinajstić information content (AvgIpc) is 3.05. The molecule has 0 saturated heterocycles. The minimum absolute atomic E-state index is 0.178. The Morgan fingerprint density at radius 1 is 1.27 bits per heavy atom. The predicted molar refractivity (Wildman–Crippen MR) is 93.5 cm³/mol. The van der Waals surface area contributed by atoms with E-state index in [-0.39, 0.29) is 12.3 Å². The Morgan fingerprint density at radius 2 is 1.96 bits per heavy atom. The number of nitrogens with zero attached hydrogens (tertiary/aromatic N) is 1. The number of hydrogen-bond acceptors (Lipinski definition) is 6. The molecule has 26 heavy (non-hydrogen) atoms. The number of carbonyl (C=O) groups excluding carboxylic acids is 4. The summed E-state index contributed by atoms with van der Waals surface area (Å²) in [6.45, 7) is 3.81. The largest absolute Gasteiger partial charge is 0.370 e. The van der Waals surface area contributed by atoms with Crippen LogP contribution < -0.4 is 22.1 Å². The van der Waals surface area contributed by atoms with Gasteiger partial charge in [-0.05, 0) is 12.3 Å². The molecule has 3 atom stereocenters. The lowest BCUT2D eigenvalue weighted by Gasteiger charge is -2.22. The van der Waals surface area contributed by atoms with Crippen molar-refractivity contribution in [1.29, 1.82) is 0 Å². The number of nitrogens with two attached hydrogens (primary N) is 2. The molecule has 7 N–H and O–H groups in total. The van der Waals surface area contributed by atoms with Crippen LogP contribution >= 0.6 is 0 Å². The van der Waals surface area contributed by atoms with Crippen molar-refractivity contribution in [3.8, 4) is 0 Å². The van der Waals surface area contributed by atoms with Gasteiger partial charge in [-0.25, -0.2) is 4.98 Å². The van der Waals surface area contributed by atoms with Gasteiger partial charge in [-0.15, -0.1) is 0 Å². The van der Waals surface area contributed by atoms with E-state index in [1.54, 1.807) is 0 Å². The summed E-state index contributed by atoms with van der Waals surface area (Å²) in [5.41, 5.74) is 11.6. The molecule has 0 aliphatic rings. The van der Waals surface area contributed by atoms with Crippen molar-refractivity contribution in [3.05, 3.63) is 18.2 Å². The first-order chi connectivity index (χ1) is 12.2. The minimum Gasteiger partial charge on any atom is -0.370 e. The molecule has 3 amide bonds. The lowest BCUT2D eigenvalue weighted by Crippen LogP contribution is -2.55. The van der Waals surface area contributed by atoms with E-state index in [0.29, 0.717) is 18.4 Å². The molecule has 0 aliphatic heterocycles. The van der Waals surface area contributed by atoms with Crippen molar-refractivity contribution in [2.75, 3.05) is 0 Å². The molecular weight excluding hydrogens is 340 g/mol. The molecule has 0 radical (unpaired) electrons. The molecule has 1 aromatic rings. The first-order valence-electron chi connectivity index (χ1n) is 8.30. The molecule has 0 spiro atoms. The number of nitrogens with one attached hydrogen (secondary N) is 3. The molecule has 0 fully saturated rings. The Labute approximate surface area is 151 Å². The molecule has 0 aromatic carbocycles. The zero-order valence-corrected chi connectivity index (χ0v) is 14.9. The summed E-state index contributed by atoms with van der Waals surface area (Å²) in [6, 6.07) is -2.87. The minimum atomic E-state index is -1.21. The summed E-state index contributed by atoms with van der Waals surface area (Å²) in [5, 5.41) is 4.92. The van der Waals surface area contributed by atoms with Crippen LogP contribution in [0.1, 0.15) is 32.4 Å². The summed E-state index contributed by atoms with van der Waals surface area (Å²) in [6.07, 6.45) is 3.82. The van der Waals surface area contributed by atoms with E-state index in [1.165, 1.54) is 12.5 Å². The zero-order chi connectivity index (χ0) is 19.7. The van der Waals surface area contributed by atoms with Gasteiger partial charge in [-0.1, -0.05) is 13.8 Å². The van der Waals surface area contributed by atoms with Gasteiger partial charge in [0.1, 0.15) is 12.3 Å². The summed E-state index contributed by atoms with van der Waals surface area (Å²) < 4.78 is 0. The number of imidazole rings is 1. The molecule has 0 aliphatic carbocycles. The Balaban J connectivity index is 2.72. The summed E-state index contributed by atoms with van der Waals surface area (Å²) in [4.78, 5) is 53.6. The van der Waals surface area contributed by atoms with E-state index in [9.17, 15) is 19.2 Å². The Morgan fingerprint density at radius 3 is 2.46 bits per heavy atom. The predicted octanol–water partition coefficient (Wildman–Crippen LogP) is -1.63. The standard InChI is InChI=1S/C16H26N6O4/c1-9(2)3-11(7-23)21-16(26)13(5-14(18)24)22-15(25)12(17)4-10-6-19-8-20-10/h6-9,11-13H,3-5,17H2,1-2H3,(H2,18,24)(H,19,20)(H,21,26)(H,22,25)/t11-,12-,13-/m0/s1. The monoisotopic (exact) mass is 366 g/mol. The van der Waals surface area contributed by atoms with Crippen LogP contribution in [0.5, 0.6) is 0 Å². The molecular formula is C16H26N6O4. The molecule has 1 rings (SSSR count). The lowest BCUT2D eigenvalue weighted by atomic mass is 10.0. The molecule has 0 bridgehead atoms. The topological polar surface area (TPSA) is 173 Å². The number of aromatic nitrogens is 2. The molecule has 1 heterocycles. The van der Waals surface area contributed by atoms with Crippen LogP contribution in [-0.4, -0.2) is 52.1 Å². The zero-order valence-electron chi connectivity index (χ0n) is 14.9. The van der Waals surface area contributed by atoms with Crippen molar-refractivity contribution in [3.63, 3.8) is 0 Å². The van der Waals surface area contributed by atoms with Gasteiger partial charge in [0, 0.05) is 18.3 Å². The average molecular weight is 366 g/mol. The number of aromatic amines is 1. The summed E-state index contributed by atoms with van der Waals surface area (Å²) in [7, 11) is 0. The van der Waals surface area contributed by atoms with Gasteiger partial charge in [-0.2, -0.15) is 0 Å². The third-order valence-electron chi connectivity index (χ3n) is 3.59. The highest BCUT2D eigenvalue weighted by molar-refractivity contribution is 5.93. The highest BCUT2D eigenvalue weighted by Gasteiger charge is 2.27. The van der Waals surface area contributed by atoms with E-state index in [2.05, 4.69) is 20.6 Å². The summed E-state index contributed by atoms with van der Waals surface area (Å²) >= 11 is 0. The van der Waals surface area contributed by atoms with Crippen molar-refractivity contribution in [1.82, 2.24) is 20.6 Å². The SMILES string of the molecule is CC(C)C[C@@H](C=O)NC(=O)[C@H](CC(N)=O)NC(=O)[C@@H](N)Cc1cnc[nH]1. The van der Waals surface area contributed by atoms with Crippen LogP contribution in [-0.2, 0) is 25.6 Å². The number of primary amides is 1. The third-order valence-corrected chi connectivity index (χ3v) is 3.59. The second kappa shape index (κ2) is 10.3. The fourth-order valence-electron chi connectivity index (χ4n) is 2.35. The third kappa shape index (κ3) is 7.43. The van der Waals surface area contributed by atoms with Gasteiger partial charge >= 0.3 is 0 Å². The van der Waals surface area contributed by atoms with Crippen LogP contribution in [0.3, 0.4) is 0 Å². The first-order valence-corrected chi connectivity index (χ1v) is 8.30. The number of H-pyrrole nitrogens is 1. The molecule has 10 nitrogen and oxygen atoms in total. The Hall–Kier alpha value is -2.75. The van der Waals surface area contributed by atoms with Gasteiger partial charge in [-0.3, -0.25) is 14.4 Å². The smallest absolute Gasteiger partial charge is 0.243 e. The normalized spacial score (nSPS) is 14.3. The molecule has 10 heteroatoms. The maximum Gasteiger partial charge on any atom is 0.243 e. The highest BCUT2D eigenvalue weighted by atomic mass is 16.2. The Bertz CT molecular complexity index is 616. The van der Waals surface area contributed by atoms with Crippen molar-refractivity contribution in [2.45, 2.75) is 51.2 Å². The van der Waals surface area contributed by atoms with Crippen molar-refractivity contribution >= 4 is 24.0 Å². The van der Waals surface area contributed by atoms with Crippen LogP contribution in [0.2, 0.25) is 0 Å². The van der Waals surface area contributed by atoms with Gasteiger partial charge in [0.15, 0.2) is 0 Å². The van der Waals surface area contributed by atoms with E-state index >= 15 is 0 Å². The number of amides is 3. The highest BCUT2D eigenvalue weighted by Crippen LogP contribution is 2.04. The molecule has 144 valence electrons. The maximum atomic E-state index is 12.4. The van der Waals surface area contributed by atoms with Crippen LogP contribution in [0.25, 0.3) is 0 Å². The van der Waals surface area contributed by atoms with E-state index in [4.69, 9.17) is 11.5 Å². The van der Waals surface area contributed by atoms with E-state index in [1.807, 2.05) is 13.8 Å². The quantitative estimate of drug-likeness (QED) is 0.294.